The van der Waals surface area contributed by atoms with Crippen LogP contribution in [0.4, 0.5) is 0 Å². The summed E-state index contributed by atoms with van der Waals surface area (Å²) in [6.07, 6.45) is 10.2. The van der Waals surface area contributed by atoms with Gasteiger partial charge in [-0.15, -0.1) is 0 Å². The molecular formula is C30H62N8O4. The number of amides is 3. The predicted octanol–water partition coefficient (Wildman–Crippen LogP) is 0.177. The normalized spacial score (nSPS) is 14.0. The maximum atomic E-state index is 13.6. The average Bonchev–Trinajstić information content (AvgIpc) is 2.98. The third kappa shape index (κ3) is 19.9. The van der Waals surface area contributed by atoms with Crippen molar-refractivity contribution >= 4 is 24.0 Å². The Morgan fingerprint density at radius 3 is 1.24 bits per heavy atom. The number of unbranched alkanes of at least 4 members (excludes halogenated alkanes) is 4. The zero-order valence-electron chi connectivity index (χ0n) is 27.0. The molecule has 0 aromatic rings. The summed E-state index contributed by atoms with van der Waals surface area (Å²) in [7, 11) is 9.32. The lowest BCUT2D eigenvalue weighted by Gasteiger charge is -2.26. The first-order chi connectivity index (χ1) is 20.4. The maximum Gasteiger partial charge on any atom is 0.243 e. The Bertz CT molecular complexity index is 713. The molecule has 0 aliphatic rings. The van der Waals surface area contributed by atoms with E-state index in [4.69, 9.17) is 0 Å². The topological polar surface area (TPSA) is 165 Å². The largest absolute Gasteiger partial charge is 0.351 e. The Morgan fingerprint density at radius 2 is 0.857 bits per heavy atom. The Morgan fingerprint density at radius 1 is 0.500 bits per heavy atom. The van der Waals surface area contributed by atoms with Crippen LogP contribution in [0.3, 0.4) is 0 Å². The quantitative estimate of drug-likeness (QED) is 0.0443. The minimum absolute atomic E-state index is 0.210. The van der Waals surface area contributed by atoms with Crippen molar-refractivity contribution in [2.24, 2.45) is 0 Å². The summed E-state index contributed by atoms with van der Waals surface area (Å²) in [6.45, 7) is 3.38. The van der Waals surface area contributed by atoms with Crippen LogP contribution in [0.5, 0.6) is 0 Å². The van der Waals surface area contributed by atoms with E-state index in [0.717, 1.165) is 83.8 Å². The van der Waals surface area contributed by atoms with Crippen LogP contribution in [0.25, 0.3) is 0 Å². The van der Waals surface area contributed by atoms with E-state index in [1.54, 1.807) is 7.05 Å². The van der Waals surface area contributed by atoms with Crippen molar-refractivity contribution in [1.29, 1.82) is 0 Å². The SMILES string of the molecule is CNCCCCC(CC=O)NC(=O)C(CCCCNC)NC(=O)C(CCCCNC)NC(=O)C(CCCCNC)NC. The molecule has 0 bridgehead atoms. The van der Waals surface area contributed by atoms with E-state index in [1.165, 1.54) is 0 Å². The average molecular weight is 599 g/mol. The second-order valence-corrected chi connectivity index (χ2v) is 11.0. The Balaban J connectivity index is 5.57. The van der Waals surface area contributed by atoms with Crippen LogP contribution in [0, 0.1) is 0 Å². The van der Waals surface area contributed by atoms with Crippen molar-refractivity contribution in [2.75, 3.05) is 61.4 Å². The Hall–Kier alpha value is -2.12. The molecule has 0 heterocycles. The molecule has 0 saturated carbocycles. The van der Waals surface area contributed by atoms with Gasteiger partial charge in [0.25, 0.3) is 0 Å². The summed E-state index contributed by atoms with van der Waals surface area (Å²) in [5, 5.41) is 24.5. The highest BCUT2D eigenvalue weighted by Crippen LogP contribution is 2.09. The number of carbonyl (C=O) groups excluding carboxylic acids is 4. The van der Waals surface area contributed by atoms with Gasteiger partial charge in [0.15, 0.2) is 0 Å². The molecule has 0 fully saturated rings. The molecule has 42 heavy (non-hydrogen) atoms. The van der Waals surface area contributed by atoms with Gasteiger partial charge in [0.2, 0.25) is 17.7 Å². The van der Waals surface area contributed by atoms with Crippen LogP contribution in [-0.2, 0) is 19.2 Å². The number of likely N-dealkylation sites (N-methyl/N-ethyl adjacent to an activating group) is 1. The number of aldehydes is 1. The lowest BCUT2D eigenvalue weighted by molar-refractivity contribution is -0.133. The molecule has 0 aliphatic heterocycles. The first-order valence-electron chi connectivity index (χ1n) is 16.0. The zero-order valence-corrected chi connectivity index (χ0v) is 27.0. The summed E-state index contributed by atoms with van der Waals surface area (Å²) in [5.74, 6) is -0.850. The van der Waals surface area contributed by atoms with E-state index in [2.05, 4.69) is 42.5 Å². The Labute approximate surface area is 254 Å². The van der Waals surface area contributed by atoms with Crippen LogP contribution in [0.2, 0.25) is 0 Å². The number of hydrogen-bond acceptors (Lipinski definition) is 9. The van der Waals surface area contributed by atoms with Gasteiger partial charge >= 0.3 is 0 Å². The summed E-state index contributed by atoms with van der Waals surface area (Å²) >= 11 is 0. The monoisotopic (exact) mass is 598 g/mol. The maximum absolute atomic E-state index is 13.6. The van der Waals surface area contributed by atoms with E-state index >= 15 is 0 Å². The molecule has 0 aromatic carbocycles. The highest BCUT2D eigenvalue weighted by molar-refractivity contribution is 5.93. The number of nitrogens with one attached hydrogen (secondary N) is 8. The third-order valence-corrected chi connectivity index (χ3v) is 7.40. The fraction of sp³-hybridized carbons (Fsp3) is 0.867. The van der Waals surface area contributed by atoms with Gasteiger partial charge in [-0.25, -0.2) is 0 Å². The highest BCUT2D eigenvalue weighted by Gasteiger charge is 2.29. The standard InChI is InChI=1S/C30H62N8O4/c1-31-19-10-6-14-24(18-23-39)36-29(41)26(16-8-12-21-33-3)38-30(42)27(17-9-13-22-34-4)37-28(40)25(35-5)15-7-11-20-32-2/h23-27,31-35H,6-22H2,1-5H3,(H,36,41)(H,37,40)(H,38,42). The first-order valence-corrected chi connectivity index (χ1v) is 16.0. The van der Waals surface area contributed by atoms with Crippen LogP contribution < -0.4 is 42.5 Å². The lowest BCUT2D eigenvalue weighted by Crippen LogP contribution is -2.56. The molecule has 0 saturated heterocycles. The lowest BCUT2D eigenvalue weighted by atomic mass is 10.0. The molecule has 12 heteroatoms. The molecule has 3 amide bonds. The second-order valence-electron chi connectivity index (χ2n) is 11.0. The van der Waals surface area contributed by atoms with E-state index in [9.17, 15) is 19.2 Å². The van der Waals surface area contributed by atoms with Gasteiger partial charge < -0.3 is 47.3 Å². The van der Waals surface area contributed by atoms with Crippen molar-refractivity contribution < 1.29 is 19.2 Å². The minimum atomic E-state index is -0.751. The van der Waals surface area contributed by atoms with E-state index < -0.39 is 18.1 Å². The molecule has 0 spiro atoms. The minimum Gasteiger partial charge on any atom is -0.351 e. The van der Waals surface area contributed by atoms with Crippen molar-refractivity contribution in [2.45, 2.75) is 108 Å². The fourth-order valence-corrected chi connectivity index (χ4v) is 4.80. The molecule has 12 nitrogen and oxygen atoms in total. The van der Waals surface area contributed by atoms with Gasteiger partial charge in [-0.1, -0.05) is 12.8 Å². The van der Waals surface area contributed by atoms with Gasteiger partial charge in [0.1, 0.15) is 18.4 Å². The molecule has 4 unspecified atom stereocenters. The highest BCUT2D eigenvalue weighted by atomic mass is 16.2. The zero-order chi connectivity index (χ0) is 31.4. The van der Waals surface area contributed by atoms with Crippen LogP contribution >= 0.6 is 0 Å². The van der Waals surface area contributed by atoms with Crippen molar-refractivity contribution in [3.05, 3.63) is 0 Å². The van der Waals surface area contributed by atoms with Crippen LogP contribution in [0.1, 0.15) is 83.5 Å². The first kappa shape index (κ1) is 39.9. The molecule has 0 aliphatic carbocycles. The molecule has 0 rings (SSSR count). The fourth-order valence-electron chi connectivity index (χ4n) is 4.80. The number of carbonyl (C=O) groups is 4. The van der Waals surface area contributed by atoms with Crippen LogP contribution in [-0.4, -0.2) is 110 Å². The summed E-state index contributed by atoms with van der Waals surface area (Å²) < 4.78 is 0. The van der Waals surface area contributed by atoms with E-state index in [1.807, 2.05) is 28.2 Å². The number of hydrogen-bond donors (Lipinski definition) is 8. The Kier molecular flexibility index (Phi) is 26.3. The van der Waals surface area contributed by atoms with Crippen molar-refractivity contribution in [3.8, 4) is 0 Å². The van der Waals surface area contributed by atoms with Gasteiger partial charge in [0.05, 0.1) is 6.04 Å². The third-order valence-electron chi connectivity index (χ3n) is 7.40. The van der Waals surface area contributed by atoms with Gasteiger partial charge in [0, 0.05) is 12.5 Å². The van der Waals surface area contributed by atoms with Crippen LogP contribution in [0.15, 0.2) is 0 Å². The van der Waals surface area contributed by atoms with Gasteiger partial charge in [-0.3, -0.25) is 14.4 Å². The van der Waals surface area contributed by atoms with Gasteiger partial charge in [-0.05, 0) is 126 Å². The predicted molar refractivity (Wildman–Crippen MR) is 170 cm³/mol. The second kappa shape index (κ2) is 27.7. The summed E-state index contributed by atoms with van der Waals surface area (Å²) in [6, 6.07) is -2.18. The van der Waals surface area contributed by atoms with Crippen molar-refractivity contribution in [1.82, 2.24) is 42.5 Å². The summed E-state index contributed by atoms with van der Waals surface area (Å²) in [4.78, 5) is 51.5. The van der Waals surface area contributed by atoms with E-state index in [0.29, 0.717) is 25.7 Å². The molecule has 0 radical (unpaired) electrons. The molecule has 0 aromatic heterocycles. The smallest absolute Gasteiger partial charge is 0.243 e. The number of rotatable bonds is 29. The molecule has 246 valence electrons. The molecule has 8 N–H and O–H groups in total. The molecule has 4 atom stereocenters. The van der Waals surface area contributed by atoms with Crippen molar-refractivity contribution in [3.63, 3.8) is 0 Å². The van der Waals surface area contributed by atoms with Gasteiger partial charge in [-0.2, -0.15) is 0 Å². The van der Waals surface area contributed by atoms with E-state index in [-0.39, 0.29) is 30.2 Å². The summed E-state index contributed by atoms with van der Waals surface area (Å²) in [5.41, 5.74) is 0. The molecular weight excluding hydrogens is 536 g/mol.